The van der Waals surface area contributed by atoms with Gasteiger partial charge in [0.05, 0.1) is 0 Å². The summed E-state index contributed by atoms with van der Waals surface area (Å²) in [5, 5.41) is 3.48. The minimum absolute atomic E-state index is 0.849. The summed E-state index contributed by atoms with van der Waals surface area (Å²) < 4.78 is 0. The first-order valence-electron chi connectivity index (χ1n) is 7.01. The van der Waals surface area contributed by atoms with Crippen LogP contribution in [0.2, 0.25) is 0 Å². The van der Waals surface area contributed by atoms with E-state index >= 15 is 0 Å². The van der Waals surface area contributed by atoms with Crippen LogP contribution >= 0.6 is 0 Å². The zero-order valence-corrected chi connectivity index (χ0v) is 10.5. The molecule has 2 atom stereocenters. The molecule has 2 unspecified atom stereocenters. The number of nitrogens with zero attached hydrogens (tertiary/aromatic N) is 2. The summed E-state index contributed by atoms with van der Waals surface area (Å²) in [6.07, 6.45) is 7.00. The highest BCUT2D eigenvalue weighted by molar-refractivity contribution is 4.93. The normalized spacial score (nSPS) is 38.8. The molecule has 3 rings (SSSR count). The quantitative estimate of drug-likeness (QED) is 0.713. The maximum absolute atomic E-state index is 3.48. The second kappa shape index (κ2) is 4.63. The van der Waals surface area contributed by atoms with Crippen LogP contribution in [0.25, 0.3) is 0 Å². The summed E-state index contributed by atoms with van der Waals surface area (Å²) >= 11 is 0. The van der Waals surface area contributed by atoms with Crippen LogP contribution < -0.4 is 5.32 Å². The van der Waals surface area contributed by atoms with Gasteiger partial charge in [0.1, 0.15) is 0 Å². The van der Waals surface area contributed by atoms with Crippen molar-refractivity contribution >= 4 is 0 Å². The van der Waals surface area contributed by atoms with E-state index in [0.717, 1.165) is 18.1 Å². The Kier molecular flexibility index (Phi) is 3.18. The molecule has 0 aliphatic carbocycles. The van der Waals surface area contributed by atoms with Gasteiger partial charge < -0.3 is 5.32 Å². The predicted molar refractivity (Wildman–Crippen MR) is 66.7 cm³/mol. The molecule has 0 saturated carbocycles. The fourth-order valence-electron chi connectivity index (χ4n) is 3.84. The highest BCUT2D eigenvalue weighted by Gasteiger charge is 2.36. The fraction of sp³-hybridized carbons (Fsp3) is 1.00. The summed E-state index contributed by atoms with van der Waals surface area (Å²) in [4.78, 5) is 5.45. The lowest BCUT2D eigenvalue weighted by atomic mass is 10.0. The Morgan fingerprint density at radius 3 is 2.44 bits per heavy atom. The minimum Gasteiger partial charge on any atom is -0.317 e. The molecular formula is C13H25N3. The molecule has 3 aliphatic heterocycles. The van der Waals surface area contributed by atoms with Gasteiger partial charge in [-0.3, -0.25) is 9.80 Å². The van der Waals surface area contributed by atoms with Crippen molar-refractivity contribution < 1.29 is 0 Å². The van der Waals surface area contributed by atoms with Crippen LogP contribution in [-0.4, -0.2) is 61.2 Å². The Hall–Kier alpha value is -0.120. The Balaban J connectivity index is 1.64. The Morgan fingerprint density at radius 2 is 1.62 bits per heavy atom. The first-order valence-corrected chi connectivity index (χ1v) is 7.01. The van der Waals surface area contributed by atoms with Gasteiger partial charge in [-0.25, -0.2) is 0 Å². The molecule has 16 heavy (non-hydrogen) atoms. The maximum Gasteiger partial charge on any atom is 0.0223 e. The Labute approximate surface area is 99.2 Å². The van der Waals surface area contributed by atoms with Gasteiger partial charge in [-0.15, -0.1) is 0 Å². The smallest absolute Gasteiger partial charge is 0.0223 e. The molecule has 1 N–H and O–H groups in total. The number of fused-ring (bicyclic) bond motifs is 2. The average molecular weight is 223 g/mol. The van der Waals surface area contributed by atoms with E-state index in [1.807, 2.05) is 0 Å². The maximum atomic E-state index is 3.48. The van der Waals surface area contributed by atoms with Crippen molar-refractivity contribution in [3.05, 3.63) is 0 Å². The number of piperidine rings is 1. The molecule has 0 radical (unpaired) electrons. The predicted octanol–water partition coefficient (Wildman–Crippen LogP) is 0.907. The zero-order chi connectivity index (χ0) is 11.0. The summed E-state index contributed by atoms with van der Waals surface area (Å²) in [7, 11) is 2.34. The van der Waals surface area contributed by atoms with E-state index in [1.54, 1.807) is 0 Å². The number of likely N-dealkylation sites (tertiary alicyclic amines) is 1. The number of likely N-dealkylation sites (N-methyl/N-ethyl adjacent to an activating group) is 1. The fourth-order valence-corrected chi connectivity index (χ4v) is 3.84. The van der Waals surface area contributed by atoms with Gasteiger partial charge in [-0.1, -0.05) is 0 Å². The molecule has 3 heterocycles. The molecule has 3 aliphatic rings. The van der Waals surface area contributed by atoms with Crippen LogP contribution in [0.3, 0.4) is 0 Å². The standard InChI is InChI=1S/C13H25N3/c1-15-11-2-3-13(15)10-16(9-6-11)12-4-7-14-8-5-12/h11-14H,2-10H2,1H3. The lowest BCUT2D eigenvalue weighted by Gasteiger charge is -2.35. The number of nitrogens with one attached hydrogen (secondary N) is 1. The highest BCUT2D eigenvalue weighted by Crippen LogP contribution is 2.30. The molecule has 0 aromatic rings. The number of rotatable bonds is 1. The van der Waals surface area contributed by atoms with Gasteiger partial charge in [0.25, 0.3) is 0 Å². The van der Waals surface area contributed by atoms with E-state index in [2.05, 4.69) is 22.2 Å². The largest absolute Gasteiger partial charge is 0.317 e. The third kappa shape index (κ3) is 2.01. The van der Waals surface area contributed by atoms with Crippen LogP contribution in [0, 0.1) is 0 Å². The number of hydrogen-bond acceptors (Lipinski definition) is 3. The van der Waals surface area contributed by atoms with E-state index in [4.69, 9.17) is 0 Å². The molecule has 0 amide bonds. The molecule has 3 heteroatoms. The van der Waals surface area contributed by atoms with Gasteiger partial charge in [-0.2, -0.15) is 0 Å². The number of hydrogen-bond donors (Lipinski definition) is 1. The summed E-state index contributed by atoms with van der Waals surface area (Å²) in [6, 6.07) is 2.60. The molecule has 3 fully saturated rings. The third-order valence-corrected chi connectivity index (χ3v) is 5.00. The Morgan fingerprint density at radius 1 is 0.875 bits per heavy atom. The van der Waals surface area contributed by atoms with Crippen LogP contribution in [-0.2, 0) is 0 Å². The van der Waals surface area contributed by atoms with Crippen molar-refractivity contribution in [1.82, 2.24) is 15.1 Å². The molecular weight excluding hydrogens is 198 g/mol. The Bertz CT molecular complexity index is 237. The van der Waals surface area contributed by atoms with Crippen molar-refractivity contribution in [3.8, 4) is 0 Å². The van der Waals surface area contributed by atoms with Crippen molar-refractivity contribution in [1.29, 1.82) is 0 Å². The van der Waals surface area contributed by atoms with Gasteiger partial charge in [-0.05, 0) is 58.8 Å². The summed E-state index contributed by atoms with van der Waals surface area (Å²) in [5.41, 5.74) is 0. The zero-order valence-electron chi connectivity index (χ0n) is 10.5. The second-order valence-electron chi connectivity index (χ2n) is 5.82. The highest BCUT2D eigenvalue weighted by atomic mass is 15.3. The average Bonchev–Trinajstić information content (AvgIpc) is 2.54. The SMILES string of the molecule is CN1C2CCC1CN(C1CCNCC1)CC2. The molecule has 0 aromatic carbocycles. The van der Waals surface area contributed by atoms with Gasteiger partial charge in [0, 0.05) is 24.7 Å². The van der Waals surface area contributed by atoms with E-state index in [1.165, 1.54) is 58.3 Å². The molecule has 3 saturated heterocycles. The van der Waals surface area contributed by atoms with Crippen LogP contribution in [0.5, 0.6) is 0 Å². The van der Waals surface area contributed by atoms with Crippen molar-refractivity contribution in [2.45, 2.75) is 50.2 Å². The van der Waals surface area contributed by atoms with Crippen molar-refractivity contribution in [2.75, 3.05) is 33.2 Å². The van der Waals surface area contributed by atoms with Crippen LogP contribution in [0.15, 0.2) is 0 Å². The van der Waals surface area contributed by atoms with Gasteiger partial charge in [0.2, 0.25) is 0 Å². The lowest BCUT2D eigenvalue weighted by Crippen LogP contribution is -2.46. The third-order valence-electron chi connectivity index (χ3n) is 5.00. The van der Waals surface area contributed by atoms with E-state index in [9.17, 15) is 0 Å². The molecule has 0 aromatic heterocycles. The molecule has 92 valence electrons. The van der Waals surface area contributed by atoms with Gasteiger partial charge in [0.15, 0.2) is 0 Å². The minimum atomic E-state index is 0.849. The van der Waals surface area contributed by atoms with E-state index < -0.39 is 0 Å². The van der Waals surface area contributed by atoms with E-state index in [0.29, 0.717) is 0 Å². The first kappa shape index (κ1) is 11.0. The first-order chi connectivity index (χ1) is 7.84. The van der Waals surface area contributed by atoms with E-state index in [-0.39, 0.29) is 0 Å². The molecule has 0 spiro atoms. The monoisotopic (exact) mass is 223 g/mol. The second-order valence-corrected chi connectivity index (χ2v) is 5.82. The van der Waals surface area contributed by atoms with Crippen molar-refractivity contribution in [2.24, 2.45) is 0 Å². The summed E-state index contributed by atoms with van der Waals surface area (Å²) in [6.45, 7) is 5.13. The van der Waals surface area contributed by atoms with Gasteiger partial charge >= 0.3 is 0 Å². The lowest BCUT2D eigenvalue weighted by molar-refractivity contribution is 0.145. The summed E-state index contributed by atoms with van der Waals surface area (Å²) in [5.74, 6) is 0. The van der Waals surface area contributed by atoms with Crippen LogP contribution in [0.1, 0.15) is 32.1 Å². The topological polar surface area (TPSA) is 18.5 Å². The molecule has 3 nitrogen and oxygen atoms in total. The molecule has 2 bridgehead atoms. The van der Waals surface area contributed by atoms with Crippen LogP contribution in [0.4, 0.5) is 0 Å². The van der Waals surface area contributed by atoms with Crippen molar-refractivity contribution in [3.63, 3.8) is 0 Å².